The van der Waals surface area contributed by atoms with Crippen molar-refractivity contribution in [1.82, 2.24) is 10.6 Å². The lowest BCUT2D eigenvalue weighted by molar-refractivity contribution is 0.0470. The first kappa shape index (κ1) is 26.3. The summed E-state index contributed by atoms with van der Waals surface area (Å²) in [4.78, 5) is 15.6. The van der Waals surface area contributed by atoms with Crippen LogP contribution in [0.1, 0.15) is 62.1 Å². The molecule has 3 N–H and O–H groups in total. The number of hydrogen-bond donors (Lipinski definition) is 3. The maximum atomic E-state index is 13.0. The standard InChI is InChI=1S/C33H41N3O2/c1-25(33(38,28-13-4-2-5-14-28)29-15-6-3-7-16-29)34-32(37)35-30-20-18-26(19-21-30)22-24-36-23-10-12-27-11-8-9-17-31(27)36/h2-9,11,13-17,25-26,30,38H,10,12,18-24H2,1H3,(H2,34,35,37)/t25-,26?,30?/m0/s1. The molecular weight excluding hydrogens is 470 g/mol. The lowest BCUT2D eigenvalue weighted by Crippen LogP contribution is -2.54. The van der Waals surface area contributed by atoms with E-state index in [-0.39, 0.29) is 12.1 Å². The van der Waals surface area contributed by atoms with Crippen molar-refractivity contribution < 1.29 is 9.90 Å². The summed E-state index contributed by atoms with van der Waals surface area (Å²) in [6.07, 6.45) is 7.95. The summed E-state index contributed by atoms with van der Waals surface area (Å²) in [5.74, 6) is 0.713. The molecule has 3 aromatic carbocycles. The quantitative estimate of drug-likeness (QED) is 0.347. The number of urea groups is 1. The van der Waals surface area contributed by atoms with Crippen molar-refractivity contribution in [2.75, 3.05) is 18.0 Å². The third-order valence-electron chi connectivity index (χ3n) is 8.60. The van der Waals surface area contributed by atoms with Gasteiger partial charge in [0.15, 0.2) is 0 Å². The Morgan fingerprint density at radius 1 is 0.921 bits per heavy atom. The largest absolute Gasteiger partial charge is 0.378 e. The van der Waals surface area contributed by atoms with E-state index in [1.807, 2.05) is 67.6 Å². The van der Waals surface area contributed by atoms with Crippen LogP contribution in [-0.2, 0) is 12.0 Å². The first-order valence-electron chi connectivity index (χ1n) is 14.3. The molecule has 200 valence electrons. The number of anilines is 1. The second-order valence-corrected chi connectivity index (χ2v) is 11.1. The number of nitrogens with zero attached hydrogens (tertiary/aromatic N) is 1. The summed E-state index contributed by atoms with van der Waals surface area (Å²) in [6.45, 7) is 4.15. The average molecular weight is 512 g/mol. The summed E-state index contributed by atoms with van der Waals surface area (Å²) < 4.78 is 0. The van der Waals surface area contributed by atoms with Crippen LogP contribution in [0.2, 0.25) is 0 Å². The highest BCUT2D eigenvalue weighted by Gasteiger charge is 2.38. The molecule has 5 nitrogen and oxygen atoms in total. The fourth-order valence-corrected chi connectivity index (χ4v) is 6.36. The predicted molar refractivity (Wildman–Crippen MR) is 154 cm³/mol. The summed E-state index contributed by atoms with van der Waals surface area (Å²) in [6, 6.07) is 27.5. The van der Waals surface area contributed by atoms with Crippen molar-refractivity contribution in [2.24, 2.45) is 5.92 Å². The SMILES string of the molecule is C[C@H](NC(=O)NC1CCC(CCN2CCCc3ccccc32)CC1)C(O)(c1ccccc1)c1ccccc1. The number of para-hydroxylation sites is 1. The van der Waals surface area contributed by atoms with E-state index in [4.69, 9.17) is 0 Å². The van der Waals surface area contributed by atoms with E-state index in [9.17, 15) is 9.90 Å². The molecule has 1 aliphatic carbocycles. The molecule has 1 atom stereocenters. The fourth-order valence-electron chi connectivity index (χ4n) is 6.36. The molecule has 1 saturated carbocycles. The van der Waals surface area contributed by atoms with Gasteiger partial charge in [-0.2, -0.15) is 0 Å². The van der Waals surface area contributed by atoms with Crippen LogP contribution in [0.5, 0.6) is 0 Å². The molecule has 1 fully saturated rings. The van der Waals surface area contributed by atoms with Crippen molar-refractivity contribution in [3.63, 3.8) is 0 Å². The molecule has 2 aliphatic rings. The van der Waals surface area contributed by atoms with Crippen molar-refractivity contribution in [3.05, 3.63) is 102 Å². The maximum absolute atomic E-state index is 13.0. The normalized spacial score (nSPS) is 20.3. The number of carbonyl (C=O) groups excluding carboxylic acids is 1. The zero-order chi connectivity index (χ0) is 26.4. The number of rotatable bonds is 8. The average Bonchev–Trinajstić information content (AvgIpc) is 2.97. The van der Waals surface area contributed by atoms with Crippen LogP contribution in [0.3, 0.4) is 0 Å². The Labute approximate surface area is 227 Å². The molecule has 0 saturated heterocycles. The Balaban J connectivity index is 1.12. The number of aryl methyl sites for hydroxylation is 1. The van der Waals surface area contributed by atoms with Gasteiger partial charge in [-0.1, -0.05) is 78.9 Å². The Kier molecular flexibility index (Phi) is 8.33. The van der Waals surface area contributed by atoms with E-state index < -0.39 is 11.6 Å². The summed E-state index contributed by atoms with van der Waals surface area (Å²) in [7, 11) is 0. The fraction of sp³-hybridized carbons (Fsp3) is 0.424. The van der Waals surface area contributed by atoms with Crippen LogP contribution in [0.25, 0.3) is 0 Å². The Hall–Kier alpha value is -3.31. The first-order valence-corrected chi connectivity index (χ1v) is 14.3. The van der Waals surface area contributed by atoms with E-state index >= 15 is 0 Å². The van der Waals surface area contributed by atoms with Crippen LogP contribution < -0.4 is 15.5 Å². The highest BCUT2D eigenvalue weighted by atomic mass is 16.3. The molecule has 1 aliphatic heterocycles. The number of carbonyl (C=O) groups is 1. The molecule has 5 rings (SSSR count). The molecule has 5 heteroatoms. The van der Waals surface area contributed by atoms with E-state index in [2.05, 4.69) is 39.8 Å². The molecule has 1 heterocycles. The summed E-state index contributed by atoms with van der Waals surface area (Å²) in [5, 5.41) is 18.1. The van der Waals surface area contributed by atoms with Gasteiger partial charge in [0.05, 0.1) is 6.04 Å². The number of hydrogen-bond acceptors (Lipinski definition) is 3. The Bertz CT molecular complexity index is 1140. The van der Waals surface area contributed by atoms with Gasteiger partial charge in [-0.05, 0) is 80.5 Å². The molecule has 3 aromatic rings. The number of aliphatic hydroxyl groups is 1. The third-order valence-corrected chi connectivity index (χ3v) is 8.60. The van der Waals surface area contributed by atoms with E-state index in [1.54, 1.807) is 0 Å². The lowest BCUT2D eigenvalue weighted by atomic mass is 9.81. The highest BCUT2D eigenvalue weighted by molar-refractivity contribution is 5.75. The summed E-state index contributed by atoms with van der Waals surface area (Å²) in [5.41, 5.74) is 3.10. The van der Waals surface area contributed by atoms with Gasteiger partial charge in [0.25, 0.3) is 0 Å². The predicted octanol–water partition coefficient (Wildman–Crippen LogP) is 6.01. The van der Waals surface area contributed by atoms with E-state index in [0.717, 1.165) is 49.9 Å². The highest BCUT2D eigenvalue weighted by Crippen LogP contribution is 2.34. The molecule has 0 spiro atoms. The molecule has 2 amide bonds. The third kappa shape index (κ3) is 5.88. The minimum Gasteiger partial charge on any atom is -0.378 e. The van der Waals surface area contributed by atoms with E-state index in [0.29, 0.717) is 5.92 Å². The number of fused-ring (bicyclic) bond motifs is 1. The van der Waals surface area contributed by atoms with Gasteiger partial charge in [-0.15, -0.1) is 0 Å². The minimum atomic E-state index is -1.33. The van der Waals surface area contributed by atoms with Gasteiger partial charge in [0, 0.05) is 24.8 Å². The van der Waals surface area contributed by atoms with Gasteiger partial charge in [0.1, 0.15) is 5.60 Å². The minimum absolute atomic E-state index is 0.177. The monoisotopic (exact) mass is 511 g/mol. The smallest absolute Gasteiger partial charge is 0.315 e. The van der Waals surface area contributed by atoms with Crippen LogP contribution in [0, 0.1) is 5.92 Å². The molecule has 0 radical (unpaired) electrons. The molecular formula is C33H41N3O2. The Morgan fingerprint density at radius 3 is 2.18 bits per heavy atom. The molecule has 0 unspecified atom stereocenters. The van der Waals surface area contributed by atoms with Gasteiger partial charge >= 0.3 is 6.03 Å². The lowest BCUT2D eigenvalue weighted by Gasteiger charge is -2.37. The second-order valence-electron chi connectivity index (χ2n) is 11.1. The molecule has 0 bridgehead atoms. The maximum Gasteiger partial charge on any atom is 0.315 e. The molecule has 38 heavy (non-hydrogen) atoms. The summed E-state index contributed by atoms with van der Waals surface area (Å²) >= 11 is 0. The van der Waals surface area contributed by atoms with Gasteiger partial charge < -0.3 is 20.6 Å². The zero-order valence-corrected chi connectivity index (χ0v) is 22.5. The number of nitrogens with one attached hydrogen (secondary N) is 2. The van der Waals surface area contributed by atoms with Crippen molar-refractivity contribution in [3.8, 4) is 0 Å². The van der Waals surface area contributed by atoms with Crippen molar-refractivity contribution in [2.45, 2.75) is 69.6 Å². The van der Waals surface area contributed by atoms with Gasteiger partial charge in [0.2, 0.25) is 0 Å². The number of amides is 2. The zero-order valence-electron chi connectivity index (χ0n) is 22.5. The second kappa shape index (κ2) is 12.0. The van der Waals surface area contributed by atoms with Crippen molar-refractivity contribution >= 4 is 11.7 Å². The van der Waals surface area contributed by atoms with Gasteiger partial charge in [-0.25, -0.2) is 4.79 Å². The first-order chi connectivity index (χ1) is 18.5. The van der Waals surface area contributed by atoms with Crippen LogP contribution in [0.4, 0.5) is 10.5 Å². The van der Waals surface area contributed by atoms with Gasteiger partial charge in [-0.3, -0.25) is 0 Å². The van der Waals surface area contributed by atoms with Crippen LogP contribution in [-0.4, -0.2) is 36.3 Å². The van der Waals surface area contributed by atoms with Crippen molar-refractivity contribution in [1.29, 1.82) is 0 Å². The topological polar surface area (TPSA) is 64.6 Å². The Morgan fingerprint density at radius 2 is 1.53 bits per heavy atom. The molecule has 0 aromatic heterocycles. The number of benzene rings is 3. The van der Waals surface area contributed by atoms with E-state index in [1.165, 1.54) is 30.5 Å². The van der Waals surface area contributed by atoms with Crippen LogP contribution >= 0.6 is 0 Å². The van der Waals surface area contributed by atoms with Crippen LogP contribution in [0.15, 0.2) is 84.9 Å².